The van der Waals surface area contributed by atoms with Crippen LogP contribution in [0, 0.1) is 0 Å². The van der Waals surface area contributed by atoms with Crippen molar-refractivity contribution in [1.82, 2.24) is 4.90 Å². The van der Waals surface area contributed by atoms with E-state index >= 15 is 0 Å². The Morgan fingerprint density at radius 3 is 2.67 bits per heavy atom. The molecule has 0 aromatic heterocycles. The Labute approximate surface area is 74.9 Å². The lowest BCUT2D eigenvalue weighted by Crippen LogP contribution is -2.42. The highest BCUT2D eigenvalue weighted by atomic mass is 16.5. The molecule has 0 unspecified atom stereocenters. The first-order valence-electron chi connectivity index (χ1n) is 4.86. The highest BCUT2D eigenvalue weighted by Crippen LogP contribution is 2.08. The summed E-state index contributed by atoms with van der Waals surface area (Å²) in [7, 11) is 0. The van der Waals surface area contributed by atoms with Gasteiger partial charge >= 0.3 is 0 Å². The molecule has 3 nitrogen and oxygen atoms in total. The van der Waals surface area contributed by atoms with Crippen molar-refractivity contribution in [2.45, 2.75) is 25.8 Å². The second-order valence-corrected chi connectivity index (χ2v) is 3.43. The van der Waals surface area contributed by atoms with Crippen LogP contribution in [-0.2, 0) is 4.74 Å². The fourth-order valence-electron chi connectivity index (χ4n) is 1.61. The molecule has 1 aliphatic heterocycles. The normalized spacial score (nSPS) is 22.5. The fourth-order valence-corrected chi connectivity index (χ4v) is 1.61. The van der Waals surface area contributed by atoms with Gasteiger partial charge in [-0.3, -0.25) is 4.90 Å². The van der Waals surface area contributed by atoms with Gasteiger partial charge in [0.25, 0.3) is 0 Å². The van der Waals surface area contributed by atoms with Crippen LogP contribution < -0.4 is 5.73 Å². The van der Waals surface area contributed by atoms with Gasteiger partial charge in [-0.2, -0.15) is 0 Å². The van der Waals surface area contributed by atoms with Crippen molar-refractivity contribution in [2.24, 2.45) is 5.73 Å². The zero-order valence-corrected chi connectivity index (χ0v) is 7.96. The lowest BCUT2D eigenvalue weighted by atomic mass is 10.1. The quantitative estimate of drug-likeness (QED) is 0.669. The first-order chi connectivity index (χ1) is 5.84. The molecule has 0 aliphatic carbocycles. The van der Waals surface area contributed by atoms with E-state index in [2.05, 4.69) is 11.8 Å². The molecule has 1 rings (SSSR count). The average molecular weight is 172 g/mol. The van der Waals surface area contributed by atoms with Crippen LogP contribution in [0.2, 0.25) is 0 Å². The van der Waals surface area contributed by atoms with Crippen LogP contribution in [0.15, 0.2) is 0 Å². The number of hydrogen-bond donors (Lipinski definition) is 1. The average Bonchev–Trinajstić information content (AvgIpc) is 2.15. The SMILES string of the molecule is C[C@@H](CCCN)N1CCOCC1. The summed E-state index contributed by atoms with van der Waals surface area (Å²) in [4.78, 5) is 2.49. The minimum absolute atomic E-state index is 0.678. The molecule has 72 valence electrons. The number of ether oxygens (including phenoxy) is 1. The zero-order valence-electron chi connectivity index (χ0n) is 7.96. The summed E-state index contributed by atoms with van der Waals surface area (Å²) in [5, 5.41) is 0. The lowest BCUT2D eigenvalue weighted by Gasteiger charge is -2.32. The molecular formula is C9H20N2O. The van der Waals surface area contributed by atoms with Crippen LogP contribution in [-0.4, -0.2) is 43.8 Å². The minimum atomic E-state index is 0.678. The number of rotatable bonds is 4. The van der Waals surface area contributed by atoms with Crippen LogP contribution in [0.5, 0.6) is 0 Å². The van der Waals surface area contributed by atoms with Crippen molar-refractivity contribution in [3.05, 3.63) is 0 Å². The predicted octanol–water partition coefficient (Wildman–Crippen LogP) is 0.446. The second kappa shape index (κ2) is 5.51. The van der Waals surface area contributed by atoms with Gasteiger partial charge in [0.2, 0.25) is 0 Å². The van der Waals surface area contributed by atoms with E-state index in [1.165, 1.54) is 6.42 Å². The van der Waals surface area contributed by atoms with Crippen LogP contribution >= 0.6 is 0 Å². The molecule has 1 saturated heterocycles. The van der Waals surface area contributed by atoms with Crippen molar-refractivity contribution in [2.75, 3.05) is 32.8 Å². The van der Waals surface area contributed by atoms with Crippen LogP contribution in [0.3, 0.4) is 0 Å². The number of nitrogens with zero attached hydrogens (tertiary/aromatic N) is 1. The summed E-state index contributed by atoms with van der Waals surface area (Å²) in [5.41, 5.74) is 5.46. The Bertz CT molecular complexity index is 113. The summed E-state index contributed by atoms with van der Waals surface area (Å²) in [6.45, 7) is 7.06. The summed E-state index contributed by atoms with van der Waals surface area (Å²) in [6.07, 6.45) is 2.36. The Morgan fingerprint density at radius 2 is 2.08 bits per heavy atom. The predicted molar refractivity (Wildman–Crippen MR) is 50.1 cm³/mol. The Hall–Kier alpha value is -0.120. The standard InChI is InChI=1S/C9H20N2O/c1-9(3-2-4-10)11-5-7-12-8-6-11/h9H,2-8,10H2,1H3/t9-/m0/s1. The molecule has 0 aromatic rings. The molecular weight excluding hydrogens is 152 g/mol. The third-order valence-corrected chi connectivity index (χ3v) is 2.50. The van der Waals surface area contributed by atoms with Crippen molar-refractivity contribution in [3.8, 4) is 0 Å². The lowest BCUT2D eigenvalue weighted by molar-refractivity contribution is 0.0184. The molecule has 3 heteroatoms. The number of morpholine rings is 1. The molecule has 0 bridgehead atoms. The van der Waals surface area contributed by atoms with Crippen LogP contribution in [0.4, 0.5) is 0 Å². The van der Waals surface area contributed by atoms with Crippen molar-refractivity contribution in [1.29, 1.82) is 0 Å². The van der Waals surface area contributed by atoms with Crippen molar-refractivity contribution >= 4 is 0 Å². The maximum absolute atomic E-state index is 5.46. The Kier molecular flexibility index (Phi) is 4.58. The summed E-state index contributed by atoms with van der Waals surface area (Å²) < 4.78 is 5.29. The first kappa shape index (κ1) is 9.96. The summed E-state index contributed by atoms with van der Waals surface area (Å²) >= 11 is 0. The van der Waals surface area contributed by atoms with Crippen LogP contribution in [0.1, 0.15) is 19.8 Å². The smallest absolute Gasteiger partial charge is 0.0594 e. The number of nitrogens with two attached hydrogens (primary N) is 1. The van der Waals surface area contributed by atoms with Gasteiger partial charge in [-0.05, 0) is 26.3 Å². The van der Waals surface area contributed by atoms with E-state index in [0.717, 1.165) is 39.3 Å². The van der Waals surface area contributed by atoms with E-state index in [4.69, 9.17) is 10.5 Å². The molecule has 1 fully saturated rings. The first-order valence-corrected chi connectivity index (χ1v) is 4.86. The molecule has 1 heterocycles. The van der Waals surface area contributed by atoms with Gasteiger partial charge < -0.3 is 10.5 Å². The maximum atomic E-state index is 5.46. The summed E-state index contributed by atoms with van der Waals surface area (Å²) in [6, 6.07) is 0.678. The van der Waals surface area contributed by atoms with E-state index in [0.29, 0.717) is 6.04 Å². The maximum Gasteiger partial charge on any atom is 0.0594 e. The monoisotopic (exact) mass is 172 g/mol. The summed E-state index contributed by atoms with van der Waals surface area (Å²) in [5.74, 6) is 0. The minimum Gasteiger partial charge on any atom is -0.379 e. The highest BCUT2D eigenvalue weighted by molar-refractivity contribution is 4.69. The largest absolute Gasteiger partial charge is 0.379 e. The van der Waals surface area contributed by atoms with E-state index in [1.54, 1.807) is 0 Å². The molecule has 1 aliphatic rings. The van der Waals surface area contributed by atoms with E-state index < -0.39 is 0 Å². The third-order valence-electron chi connectivity index (χ3n) is 2.50. The topological polar surface area (TPSA) is 38.5 Å². The molecule has 0 amide bonds. The van der Waals surface area contributed by atoms with Gasteiger partial charge in [0.1, 0.15) is 0 Å². The molecule has 0 saturated carbocycles. The fraction of sp³-hybridized carbons (Fsp3) is 1.00. The molecule has 0 aromatic carbocycles. The highest BCUT2D eigenvalue weighted by Gasteiger charge is 2.15. The van der Waals surface area contributed by atoms with Gasteiger partial charge in [0, 0.05) is 19.1 Å². The van der Waals surface area contributed by atoms with Gasteiger partial charge in [0.15, 0.2) is 0 Å². The molecule has 2 N–H and O–H groups in total. The van der Waals surface area contributed by atoms with E-state index in [-0.39, 0.29) is 0 Å². The van der Waals surface area contributed by atoms with Gasteiger partial charge in [0.05, 0.1) is 13.2 Å². The second-order valence-electron chi connectivity index (χ2n) is 3.43. The molecule has 0 radical (unpaired) electrons. The Balaban J connectivity index is 2.15. The number of hydrogen-bond acceptors (Lipinski definition) is 3. The molecule has 1 atom stereocenters. The van der Waals surface area contributed by atoms with Gasteiger partial charge in [-0.25, -0.2) is 0 Å². The molecule has 12 heavy (non-hydrogen) atoms. The van der Waals surface area contributed by atoms with Crippen LogP contribution in [0.25, 0.3) is 0 Å². The van der Waals surface area contributed by atoms with Gasteiger partial charge in [-0.15, -0.1) is 0 Å². The van der Waals surface area contributed by atoms with E-state index in [9.17, 15) is 0 Å². The zero-order chi connectivity index (χ0) is 8.81. The van der Waals surface area contributed by atoms with Gasteiger partial charge in [-0.1, -0.05) is 0 Å². The van der Waals surface area contributed by atoms with Crippen molar-refractivity contribution < 1.29 is 4.74 Å². The van der Waals surface area contributed by atoms with E-state index in [1.807, 2.05) is 0 Å². The van der Waals surface area contributed by atoms with Crippen molar-refractivity contribution in [3.63, 3.8) is 0 Å². The Morgan fingerprint density at radius 1 is 1.42 bits per heavy atom. The molecule has 0 spiro atoms. The third kappa shape index (κ3) is 3.09.